The lowest BCUT2D eigenvalue weighted by Gasteiger charge is -2.19. The average molecular weight is 359 g/mol. The zero-order valence-corrected chi connectivity index (χ0v) is 15.1. The van der Waals surface area contributed by atoms with Gasteiger partial charge in [-0.2, -0.15) is 0 Å². The van der Waals surface area contributed by atoms with Crippen molar-refractivity contribution in [1.29, 1.82) is 0 Å². The predicted molar refractivity (Wildman–Crippen MR) is 107 cm³/mol. The van der Waals surface area contributed by atoms with Crippen LogP contribution in [0, 0.1) is 0 Å². The zero-order valence-electron chi connectivity index (χ0n) is 15.1. The molecule has 0 amide bonds. The number of carbonyl (C=O) groups excluding carboxylic acids is 2. The molecule has 0 radical (unpaired) electrons. The molecule has 1 N–H and O–H groups in total. The number of nitrogens with one attached hydrogen (secondary N) is 1. The van der Waals surface area contributed by atoms with E-state index in [1.807, 2.05) is 61.5 Å². The van der Waals surface area contributed by atoms with E-state index >= 15 is 0 Å². The first-order valence-electron chi connectivity index (χ1n) is 8.84. The van der Waals surface area contributed by atoms with E-state index in [0.29, 0.717) is 23.4 Å². The average Bonchev–Trinajstić information content (AvgIpc) is 2.74. The van der Waals surface area contributed by atoms with Crippen molar-refractivity contribution in [3.05, 3.63) is 90.0 Å². The number of anilines is 1. The van der Waals surface area contributed by atoms with Crippen LogP contribution in [0.2, 0.25) is 0 Å². The summed E-state index contributed by atoms with van der Waals surface area (Å²) in [5, 5.41) is 3.09. The summed E-state index contributed by atoms with van der Waals surface area (Å²) in [6, 6.07) is 24.4. The van der Waals surface area contributed by atoms with Gasteiger partial charge in [0.15, 0.2) is 6.23 Å². The van der Waals surface area contributed by atoms with Crippen LogP contribution in [0.1, 0.15) is 27.6 Å². The van der Waals surface area contributed by atoms with Gasteiger partial charge >= 0.3 is 0 Å². The fraction of sp³-hybridized carbons (Fsp3) is 0.130. The van der Waals surface area contributed by atoms with Crippen LogP contribution in [0.4, 0.5) is 5.69 Å². The van der Waals surface area contributed by atoms with Crippen molar-refractivity contribution in [2.45, 2.75) is 13.2 Å². The molecule has 0 spiro atoms. The van der Waals surface area contributed by atoms with Crippen LogP contribution in [0.15, 0.2) is 78.9 Å². The number of carbonyl (C=O) groups is 2. The molecule has 4 nitrogen and oxygen atoms in total. The van der Waals surface area contributed by atoms with Gasteiger partial charge in [0.2, 0.25) is 5.78 Å². The molecule has 1 unspecified atom stereocenters. The Labute approximate surface area is 158 Å². The van der Waals surface area contributed by atoms with Crippen molar-refractivity contribution < 1.29 is 14.3 Å². The Balaban J connectivity index is 1.76. The molecule has 3 aromatic carbocycles. The van der Waals surface area contributed by atoms with Crippen molar-refractivity contribution in [3.8, 4) is 11.1 Å². The number of hydrogen-bond donors (Lipinski definition) is 1. The highest BCUT2D eigenvalue weighted by atomic mass is 16.5. The number of aldehydes is 1. The van der Waals surface area contributed by atoms with Gasteiger partial charge in [0.05, 0.1) is 0 Å². The van der Waals surface area contributed by atoms with Crippen molar-refractivity contribution >= 4 is 17.8 Å². The molecule has 0 saturated heterocycles. The molecule has 0 heterocycles. The van der Waals surface area contributed by atoms with E-state index in [9.17, 15) is 9.59 Å². The summed E-state index contributed by atoms with van der Waals surface area (Å²) in [4.78, 5) is 23.6. The lowest BCUT2D eigenvalue weighted by Crippen LogP contribution is -2.32. The Morgan fingerprint density at radius 3 is 2.15 bits per heavy atom. The van der Waals surface area contributed by atoms with E-state index in [-0.39, 0.29) is 5.78 Å². The molecule has 3 aromatic rings. The zero-order chi connectivity index (χ0) is 19.1. The summed E-state index contributed by atoms with van der Waals surface area (Å²) in [5.74, 6) is -0.143. The lowest BCUT2D eigenvalue weighted by atomic mass is 10.0. The van der Waals surface area contributed by atoms with E-state index in [2.05, 4.69) is 5.32 Å². The standard InChI is InChI=1S/C23H21NO3/c1-2-27-23(24-21-14-8-17(16-25)9-15-21)22(26)20-12-10-19(11-13-20)18-6-4-3-5-7-18/h3-16,23-24H,2H2,1H3. The Morgan fingerprint density at radius 1 is 0.926 bits per heavy atom. The molecule has 0 aliphatic carbocycles. The van der Waals surface area contributed by atoms with Gasteiger partial charge in [0.1, 0.15) is 6.29 Å². The van der Waals surface area contributed by atoms with Crippen LogP contribution in [0.3, 0.4) is 0 Å². The molecule has 0 aliphatic heterocycles. The van der Waals surface area contributed by atoms with Gasteiger partial charge in [0, 0.05) is 23.4 Å². The smallest absolute Gasteiger partial charge is 0.212 e. The van der Waals surface area contributed by atoms with E-state index in [0.717, 1.165) is 17.4 Å². The summed E-state index contributed by atoms with van der Waals surface area (Å²) in [6.45, 7) is 2.24. The molecule has 4 heteroatoms. The van der Waals surface area contributed by atoms with Gasteiger partial charge in [0.25, 0.3) is 0 Å². The second-order valence-corrected chi connectivity index (χ2v) is 6.03. The highest BCUT2D eigenvalue weighted by molar-refractivity contribution is 6.01. The molecule has 1 atom stereocenters. The monoisotopic (exact) mass is 359 g/mol. The Morgan fingerprint density at radius 2 is 1.56 bits per heavy atom. The van der Waals surface area contributed by atoms with Crippen LogP contribution in [-0.2, 0) is 4.74 Å². The SMILES string of the molecule is CCOC(Nc1ccc(C=O)cc1)C(=O)c1ccc(-c2ccccc2)cc1. The number of ketones is 1. The van der Waals surface area contributed by atoms with Gasteiger partial charge in [-0.3, -0.25) is 9.59 Å². The molecule has 3 rings (SSSR count). The predicted octanol–water partition coefficient (Wildman–Crippen LogP) is 4.82. The number of Topliss-reactive ketones (excluding diaryl/α,β-unsaturated/α-hetero) is 1. The van der Waals surface area contributed by atoms with Crippen LogP contribution >= 0.6 is 0 Å². The first kappa shape index (κ1) is 18.5. The van der Waals surface area contributed by atoms with Gasteiger partial charge in [-0.25, -0.2) is 0 Å². The van der Waals surface area contributed by atoms with E-state index < -0.39 is 6.23 Å². The third kappa shape index (κ3) is 4.68. The number of rotatable bonds is 8. The van der Waals surface area contributed by atoms with E-state index in [1.165, 1.54) is 0 Å². The van der Waals surface area contributed by atoms with Crippen LogP contribution < -0.4 is 5.32 Å². The number of hydrogen-bond acceptors (Lipinski definition) is 4. The normalized spacial score (nSPS) is 11.6. The first-order valence-corrected chi connectivity index (χ1v) is 8.84. The fourth-order valence-corrected chi connectivity index (χ4v) is 2.77. The molecule has 0 aromatic heterocycles. The van der Waals surface area contributed by atoms with E-state index in [1.54, 1.807) is 24.3 Å². The summed E-state index contributed by atoms with van der Waals surface area (Å²) < 4.78 is 5.60. The third-order valence-corrected chi connectivity index (χ3v) is 4.19. The van der Waals surface area contributed by atoms with Gasteiger partial charge in [-0.15, -0.1) is 0 Å². The van der Waals surface area contributed by atoms with Crippen molar-refractivity contribution in [2.75, 3.05) is 11.9 Å². The molecule has 0 fully saturated rings. The van der Waals surface area contributed by atoms with Gasteiger partial charge < -0.3 is 10.1 Å². The largest absolute Gasteiger partial charge is 0.354 e. The minimum absolute atomic E-state index is 0.143. The molecule has 0 saturated carbocycles. The number of ether oxygens (including phenoxy) is 1. The Hall–Kier alpha value is -3.24. The second-order valence-electron chi connectivity index (χ2n) is 6.03. The lowest BCUT2D eigenvalue weighted by molar-refractivity contribution is 0.0549. The van der Waals surface area contributed by atoms with Gasteiger partial charge in [-0.05, 0) is 42.3 Å². The maximum Gasteiger partial charge on any atom is 0.212 e. The summed E-state index contributed by atoms with van der Waals surface area (Å²) in [6.07, 6.45) is -0.0110. The molecular weight excluding hydrogens is 338 g/mol. The summed E-state index contributed by atoms with van der Waals surface area (Å²) in [7, 11) is 0. The second kappa shape index (κ2) is 8.92. The van der Waals surface area contributed by atoms with Gasteiger partial charge in [-0.1, -0.05) is 54.6 Å². The van der Waals surface area contributed by atoms with Crippen LogP contribution in [-0.4, -0.2) is 24.9 Å². The highest BCUT2D eigenvalue weighted by Crippen LogP contribution is 2.20. The number of benzene rings is 3. The minimum Gasteiger partial charge on any atom is -0.354 e. The van der Waals surface area contributed by atoms with Crippen molar-refractivity contribution in [1.82, 2.24) is 0 Å². The van der Waals surface area contributed by atoms with Crippen molar-refractivity contribution in [2.24, 2.45) is 0 Å². The van der Waals surface area contributed by atoms with E-state index in [4.69, 9.17) is 4.74 Å². The highest BCUT2D eigenvalue weighted by Gasteiger charge is 2.20. The van der Waals surface area contributed by atoms with Crippen LogP contribution in [0.5, 0.6) is 0 Å². The molecule has 27 heavy (non-hydrogen) atoms. The summed E-state index contributed by atoms with van der Waals surface area (Å²) >= 11 is 0. The van der Waals surface area contributed by atoms with Crippen LogP contribution in [0.25, 0.3) is 11.1 Å². The quantitative estimate of drug-likeness (QED) is 0.356. The fourth-order valence-electron chi connectivity index (χ4n) is 2.77. The molecule has 0 aliphatic rings. The maximum atomic E-state index is 12.9. The van der Waals surface area contributed by atoms with Crippen molar-refractivity contribution in [3.63, 3.8) is 0 Å². The molecular formula is C23H21NO3. The Kier molecular flexibility index (Phi) is 6.13. The molecule has 0 bridgehead atoms. The topological polar surface area (TPSA) is 55.4 Å². The first-order chi connectivity index (χ1) is 13.2. The minimum atomic E-state index is -0.792. The summed E-state index contributed by atoms with van der Waals surface area (Å²) in [5.41, 5.74) is 4.03. The third-order valence-electron chi connectivity index (χ3n) is 4.19. The molecule has 136 valence electrons. The maximum absolute atomic E-state index is 12.9. The Bertz CT molecular complexity index is 887.